The van der Waals surface area contributed by atoms with Gasteiger partial charge in [-0.1, -0.05) is 43.7 Å². The lowest BCUT2D eigenvalue weighted by Crippen LogP contribution is -2.61. The van der Waals surface area contributed by atoms with Crippen LogP contribution in [0.15, 0.2) is 46.6 Å². The number of ketones is 1. The van der Waals surface area contributed by atoms with Gasteiger partial charge in [0.05, 0.1) is 52.6 Å². The van der Waals surface area contributed by atoms with Gasteiger partial charge in [-0.2, -0.15) is 0 Å². The number of aliphatic hydroxyl groups excluding tert-OH is 1. The number of hydrogen-bond acceptors (Lipinski definition) is 18. The fourth-order valence-electron chi connectivity index (χ4n) is 10.5. The normalized spacial score (nSPS) is 34.3. The molecule has 1 aromatic carbocycles. The van der Waals surface area contributed by atoms with Gasteiger partial charge in [0.1, 0.15) is 43.7 Å². The summed E-state index contributed by atoms with van der Waals surface area (Å²) in [5.74, 6) is -5.31. The molecule has 3 aliphatic heterocycles. The Bertz CT molecular complexity index is 2350. The molecule has 1 aromatic heterocycles. The van der Waals surface area contributed by atoms with E-state index >= 15 is 0 Å². The van der Waals surface area contributed by atoms with Gasteiger partial charge >= 0.3 is 11.9 Å². The lowest BCUT2D eigenvalue weighted by atomic mass is 9.76. The number of hydrogen-bond donors (Lipinski definition) is 3. The zero-order valence-electron chi connectivity index (χ0n) is 43.8. The molecule has 1 amide bonds. The first-order chi connectivity index (χ1) is 33.7. The Hall–Kier alpha value is -4.26. The second-order valence-corrected chi connectivity index (χ2v) is 22.3. The van der Waals surface area contributed by atoms with Gasteiger partial charge < -0.3 is 48.7 Å². The monoisotopic (exact) mass is 1040 g/mol. The molecule has 2 bridgehead atoms. The number of alkyl halides is 1. The van der Waals surface area contributed by atoms with E-state index in [-0.39, 0.29) is 17.7 Å². The highest BCUT2D eigenvalue weighted by molar-refractivity contribution is 7.90. The van der Waals surface area contributed by atoms with Crippen LogP contribution in [0.1, 0.15) is 112 Å². The highest BCUT2D eigenvalue weighted by Crippen LogP contribution is 2.42. The van der Waals surface area contributed by atoms with E-state index in [2.05, 4.69) is 15.6 Å². The maximum Gasteiger partial charge on any atom is 0.311 e. The second-order valence-electron chi connectivity index (χ2n) is 20.3. The number of cyclic esters (lactones) is 1. The smallest absolute Gasteiger partial charge is 0.311 e. The van der Waals surface area contributed by atoms with Crippen LogP contribution in [0.3, 0.4) is 0 Å². The summed E-state index contributed by atoms with van der Waals surface area (Å²) in [6, 6.07) is 4.55. The minimum Gasteiger partial charge on any atom is -0.459 e. The third kappa shape index (κ3) is 13.7. The molecular formula is C50H76FN5O15S. The number of nitrogens with zero attached hydrogens (tertiary/aromatic N) is 4. The Morgan fingerprint density at radius 1 is 1.08 bits per heavy atom. The van der Waals surface area contributed by atoms with Crippen molar-refractivity contribution < 1.29 is 75.4 Å². The molecule has 0 aliphatic carbocycles. The molecule has 3 N–H and O–H groups in total. The van der Waals surface area contributed by atoms with Crippen molar-refractivity contribution >= 4 is 33.5 Å². The van der Waals surface area contributed by atoms with E-state index in [1.54, 1.807) is 52.9 Å². The van der Waals surface area contributed by atoms with E-state index in [1.807, 2.05) is 18.9 Å². The first-order valence-corrected chi connectivity index (χ1v) is 26.4. The number of ether oxygens (including phenoxy) is 7. The summed E-state index contributed by atoms with van der Waals surface area (Å²) in [5, 5.41) is 35.9. The lowest BCUT2D eigenvalue weighted by Gasteiger charge is -2.49. The van der Waals surface area contributed by atoms with Crippen LogP contribution in [-0.4, -0.2) is 169 Å². The minimum absolute atomic E-state index is 0.0127. The highest BCUT2D eigenvalue weighted by atomic mass is 32.2. The number of nitrogens with one attached hydrogen (secondary N) is 1. The number of halogens is 1. The number of Topliss-reactive ketones (excluding diaryl/α,β-unsaturated/α-hetero) is 1. The summed E-state index contributed by atoms with van der Waals surface area (Å²) >= 11 is 0. The van der Waals surface area contributed by atoms with Gasteiger partial charge in [0, 0.05) is 70.3 Å². The molecule has 72 heavy (non-hydrogen) atoms. The van der Waals surface area contributed by atoms with Crippen LogP contribution in [-0.2, 0) is 68.6 Å². The van der Waals surface area contributed by atoms with Crippen molar-refractivity contribution in [2.45, 2.75) is 172 Å². The highest BCUT2D eigenvalue weighted by Gasteiger charge is 2.53. The molecule has 0 unspecified atom stereocenters. The third-order valence-corrected chi connectivity index (χ3v) is 15.5. The van der Waals surface area contributed by atoms with E-state index in [0.29, 0.717) is 41.9 Å². The zero-order chi connectivity index (χ0) is 53.6. The number of rotatable bonds is 15. The van der Waals surface area contributed by atoms with Crippen molar-refractivity contribution in [3.63, 3.8) is 0 Å². The quantitative estimate of drug-likeness (QED) is 0.215. The number of benzene rings is 1. The number of aliphatic hydroxyl groups is 2. The van der Waals surface area contributed by atoms with Crippen molar-refractivity contribution in [1.29, 1.82) is 0 Å². The summed E-state index contributed by atoms with van der Waals surface area (Å²) in [7, 11) is -0.194. The van der Waals surface area contributed by atoms with Crippen LogP contribution in [0.25, 0.3) is 0 Å². The molecule has 3 aliphatic rings. The number of likely N-dealkylation sites (N-methyl/N-ethyl adjacent to an activating group) is 1. The summed E-state index contributed by atoms with van der Waals surface area (Å²) < 4.78 is 84.3. The second kappa shape index (κ2) is 24.4. The number of methoxy groups -OCH3 is 1. The largest absolute Gasteiger partial charge is 0.459 e. The molecule has 1 fully saturated rings. The summed E-state index contributed by atoms with van der Waals surface area (Å²) in [5.41, 5.74) is -1.42. The number of carbonyl (C=O) groups excluding carboxylic acids is 4. The Balaban J connectivity index is 1.51. The van der Waals surface area contributed by atoms with Gasteiger partial charge in [0.15, 0.2) is 28.0 Å². The van der Waals surface area contributed by atoms with Crippen molar-refractivity contribution in [2.24, 2.45) is 17.8 Å². The molecule has 4 heterocycles. The fraction of sp³-hybridized carbons (Fsp3) is 0.720. The minimum atomic E-state index is -3.46. The van der Waals surface area contributed by atoms with Crippen molar-refractivity contribution in [3.8, 4) is 0 Å². The van der Waals surface area contributed by atoms with Crippen LogP contribution in [0.4, 0.5) is 4.39 Å². The summed E-state index contributed by atoms with van der Waals surface area (Å²) in [6.07, 6.45) is -5.25. The predicted molar refractivity (Wildman–Crippen MR) is 258 cm³/mol. The third-order valence-electron chi connectivity index (χ3n) is 14.4. The molecule has 15 atom stereocenters. The van der Waals surface area contributed by atoms with E-state index in [1.165, 1.54) is 51.6 Å². The first-order valence-electron chi connectivity index (χ1n) is 24.5. The van der Waals surface area contributed by atoms with Gasteiger partial charge in [0.2, 0.25) is 5.91 Å². The lowest BCUT2D eigenvalue weighted by molar-refractivity contribution is -0.304. The van der Waals surface area contributed by atoms with Gasteiger partial charge in [0.25, 0.3) is 0 Å². The summed E-state index contributed by atoms with van der Waals surface area (Å²) in [4.78, 5) is 55.7. The molecule has 20 nitrogen and oxygen atoms in total. The van der Waals surface area contributed by atoms with Crippen LogP contribution in [0.2, 0.25) is 0 Å². The van der Waals surface area contributed by atoms with Gasteiger partial charge in [-0.05, 0) is 72.2 Å². The Labute approximate surface area is 422 Å². The van der Waals surface area contributed by atoms with Crippen molar-refractivity contribution in [2.75, 3.05) is 46.8 Å². The molecular weight excluding hydrogens is 962 g/mol. The van der Waals surface area contributed by atoms with E-state index < -0.39 is 143 Å². The molecule has 0 spiro atoms. The maximum absolute atomic E-state index is 14.8. The van der Waals surface area contributed by atoms with E-state index in [0.717, 1.165) is 6.26 Å². The van der Waals surface area contributed by atoms with Crippen molar-refractivity contribution in [1.82, 2.24) is 25.2 Å². The average Bonchev–Trinajstić information content (AvgIpc) is 3.78. The summed E-state index contributed by atoms with van der Waals surface area (Å²) in [6.45, 7) is 14.5. The topological polar surface area (TPSA) is 253 Å². The molecule has 404 valence electrons. The number of fused-ring (bicyclic) bond motifs is 4. The SMILES string of the molecule is CC[C@H]1OC(=O)[C@H](C)[C@@H](O)[C@H](C)[C@@H](O[C@@H]2O[C@H](C)C[C@H](N(C)CCc3cn([C@H](CF)[C@H](OC)c4ccc(S(C)(=O)=O)cc4)nn3)[C@H]2OC(C)=O)[C@@]2(C)C/C(C)=C(/NC(C)=O)[C@H](C)[C@@H](OCC(=O)CO2)[C@]1(C)O. The molecule has 5 rings (SSSR count). The predicted octanol–water partition coefficient (Wildman–Crippen LogP) is 3.77. The fourth-order valence-corrected chi connectivity index (χ4v) is 11.2. The molecule has 2 aromatic rings. The number of carbonyl (C=O) groups is 4. The number of sulfone groups is 1. The van der Waals surface area contributed by atoms with Gasteiger partial charge in [-0.25, -0.2) is 17.5 Å². The van der Waals surface area contributed by atoms with Crippen LogP contribution < -0.4 is 5.32 Å². The molecule has 0 saturated carbocycles. The molecule has 0 radical (unpaired) electrons. The molecule has 1 saturated heterocycles. The van der Waals surface area contributed by atoms with Crippen LogP contribution >= 0.6 is 0 Å². The van der Waals surface area contributed by atoms with E-state index in [9.17, 15) is 42.2 Å². The Morgan fingerprint density at radius 2 is 1.75 bits per heavy atom. The van der Waals surface area contributed by atoms with Crippen LogP contribution in [0, 0.1) is 17.8 Å². The van der Waals surface area contributed by atoms with Gasteiger partial charge in [-0.15, -0.1) is 5.10 Å². The number of amides is 1. The zero-order valence-corrected chi connectivity index (χ0v) is 44.6. The molecule has 22 heteroatoms. The number of esters is 2. The number of aromatic nitrogens is 3. The van der Waals surface area contributed by atoms with Crippen LogP contribution in [0.5, 0.6) is 0 Å². The van der Waals surface area contributed by atoms with Crippen molar-refractivity contribution in [3.05, 3.63) is 53.0 Å². The average molecular weight is 1040 g/mol. The van der Waals surface area contributed by atoms with Gasteiger partial charge in [-0.3, -0.25) is 24.1 Å². The Kier molecular flexibility index (Phi) is 19.9. The first kappa shape index (κ1) is 58.6. The van der Waals surface area contributed by atoms with E-state index in [4.69, 9.17) is 33.2 Å². The Morgan fingerprint density at radius 3 is 2.33 bits per heavy atom. The standard InChI is InChI=1S/C50H76FN5O15S/c1-14-40-50(10,62)46-29(4)41(52-32(7)57)27(2)22-49(9,67-26-36(59)25-66-46)45(30(5)42(60)31(6)47(61)70-40)71-48-44(69-33(8)58)38(21-28(3)68-48)55(11)20-19-35-24-56(54-53-35)39(23-51)43(65-12)34-15-17-37(18-16-34)72(13,63)64/h15-18,24,28-31,38-40,42-46,48,60,62H,14,19-23,25-26H2,1-13H3,(H,52,57)/b41-27+/t28-,29+,30+,31-,38+,39-,40-,42+,43-,44-,45-,46-,48+,49-,50-/m1/s1. The maximum atomic E-state index is 14.8.